The van der Waals surface area contributed by atoms with Crippen LogP contribution in [-0.4, -0.2) is 16.1 Å². The molecule has 2 aromatic carbocycles. The molecular formula is C17H14FN3O. The van der Waals surface area contributed by atoms with Gasteiger partial charge in [0.15, 0.2) is 0 Å². The lowest BCUT2D eigenvalue weighted by Gasteiger charge is -2.07. The van der Waals surface area contributed by atoms with Crippen LogP contribution < -0.4 is 5.32 Å². The normalized spacial score (nSPS) is 10.5. The van der Waals surface area contributed by atoms with E-state index >= 15 is 0 Å². The molecule has 22 heavy (non-hydrogen) atoms. The molecule has 0 atom stereocenters. The number of anilines is 1. The number of nitrogens with one attached hydrogen (secondary N) is 2. The molecule has 0 unspecified atom stereocenters. The first-order valence-electron chi connectivity index (χ1n) is 6.81. The predicted octanol–water partition coefficient (Wildman–Crippen LogP) is 3.78. The van der Waals surface area contributed by atoms with Crippen molar-refractivity contribution in [3.63, 3.8) is 0 Å². The van der Waals surface area contributed by atoms with Crippen molar-refractivity contribution in [1.82, 2.24) is 10.2 Å². The summed E-state index contributed by atoms with van der Waals surface area (Å²) in [4.78, 5) is 12.3. The van der Waals surface area contributed by atoms with E-state index in [-0.39, 0.29) is 11.7 Å². The van der Waals surface area contributed by atoms with Gasteiger partial charge in [-0.3, -0.25) is 9.89 Å². The minimum atomic E-state index is -0.329. The Hall–Kier alpha value is -2.95. The summed E-state index contributed by atoms with van der Waals surface area (Å²) in [6.45, 7) is 1.62. The molecule has 1 aromatic heterocycles. The first kappa shape index (κ1) is 14.0. The smallest absolute Gasteiger partial charge is 0.255 e. The Balaban J connectivity index is 1.86. The third-order valence-electron chi connectivity index (χ3n) is 3.37. The molecule has 0 aliphatic heterocycles. The maximum atomic E-state index is 13.3. The molecule has 1 amide bonds. The Morgan fingerprint density at radius 3 is 2.68 bits per heavy atom. The number of carbonyl (C=O) groups is 1. The van der Waals surface area contributed by atoms with Crippen molar-refractivity contribution >= 4 is 11.6 Å². The molecule has 0 bridgehead atoms. The van der Waals surface area contributed by atoms with E-state index in [4.69, 9.17) is 0 Å². The van der Waals surface area contributed by atoms with Crippen LogP contribution in [0.15, 0.2) is 54.7 Å². The van der Waals surface area contributed by atoms with Gasteiger partial charge in [0.2, 0.25) is 0 Å². The number of aryl methyl sites for hydroxylation is 1. The number of carbonyl (C=O) groups excluding carboxylic acids is 1. The van der Waals surface area contributed by atoms with Gasteiger partial charge in [0, 0.05) is 11.1 Å². The van der Waals surface area contributed by atoms with Crippen molar-refractivity contribution in [1.29, 1.82) is 0 Å². The average Bonchev–Trinajstić information content (AvgIpc) is 2.99. The SMILES string of the molecule is Cc1cc(C(=O)Nc2cn[nH]c2-c2ccccc2)ccc1F. The Kier molecular flexibility index (Phi) is 3.70. The molecule has 0 spiro atoms. The number of amides is 1. The fourth-order valence-electron chi connectivity index (χ4n) is 2.19. The Morgan fingerprint density at radius 2 is 1.95 bits per heavy atom. The number of hydrogen-bond donors (Lipinski definition) is 2. The highest BCUT2D eigenvalue weighted by molar-refractivity contribution is 6.06. The van der Waals surface area contributed by atoms with Gasteiger partial charge in [0.05, 0.1) is 17.6 Å². The number of aromatic nitrogens is 2. The number of hydrogen-bond acceptors (Lipinski definition) is 2. The van der Waals surface area contributed by atoms with Gasteiger partial charge in [-0.1, -0.05) is 30.3 Å². The number of aromatic amines is 1. The number of benzene rings is 2. The van der Waals surface area contributed by atoms with Gasteiger partial charge < -0.3 is 5.32 Å². The van der Waals surface area contributed by atoms with Crippen LogP contribution in [0.2, 0.25) is 0 Å². The van der Waals surface area contributed by atoms with Crippen molar-refractivity contribution in [2.45, 2.75) is 6.92 Å². The average molecular weight is 295 g/mol. The maximum Gasteiger partial charge on any atom is 0.255 e. The first-order valence-corrected chi connectivity index (χ1v) is 6.81. The monoisotopic (exact) mass is 295 g/mol. The molecule has 0 radical (unpaired) electrons. The van der Waals surface area contributed by atoms with Crippen molar-refractivity contribution in [2.75, 3.05) is 5.32 Å². The van der Waals surface area contributed by atoms with E-state index in [0.29, 0.717) is 16.8 Å². The highest BCUT2D eigenvalue weighted by Crippen LogP contribution is 2.25. The second-order valence-electron chi connectivity index (χ2n) is 4.94. The second kappa shape index (κ2) is 5.81. The number of halogens is 1. The zero-order chi connectivity index (χ0) is 15.5. The van der Waals surface area contributed by atoms with Crippen LogP contribution in [0.25, 0.3) is 11.3 Å². The van der Waals surface area contributed by atoms with Gasteiger partial charge in [-0.15, -0.1) is 0 Å². The van der Waals surface area contributed by atoms with E-state index in [1.165, 1.54) is 18.2 Å². The summed E-state index contributed by atoms with van der Waals surface area (Å²) in [5.74, 6) is -0.633. The number of rotatable bonds is 3. The molecule has 5 heteroatoms. The fourth-order valence-corrected chi connectivity index (χ4v) is 2.19. The largest absolute Gasteiger partial charge is 0.319 e. The van der Waals surface area contributed by atoms with Crippen LogP contribution in [0, 0.1) is 12.7 Å². The summed E-state index contributed by atoms with van der Waals surface area (Å²) in [7, 11) is 0. The van der Waals surface area contributed by atoms with E-state index in [0.717, 1.165) is 11.3 Å². The molecule has 3 aromatic rings. The third kappa shape index (κ3) is 2.74. The standard InChI is InChI=1S/C17H14FN3O/c1-11-9-13(7-8-14(11)18)17(22)20-15-10-19-21-16(15)12-5-3-2-4-6-12/h2-10H,1H3,(H,19,21)(H,20,22). The highest BCUT2D eigenvalue weighted by atomic mass is 19.1. The third-order valence-corrected chi connectivity index (χ3v) is 3.37. The van der Waals surface area contributed by atoms with Crippen molar-refractivity contribution in [3.8, 4) is 11.3 Å². The second-order valence-corrected chi connectivity index (χ2v) is 4.94. The molecule has 4 nitrogen and oxygen atoms in total. The van der Waals surface area contributed by atoms with Gasteiger partial charge in [0.25, 0.3) is 5.91 Å². The van der Waals surface area contributed by atoms with E-state index in [9.17, 15) is 9.18 Å². The minimum absolute atomic E-state index is 0.304. The van der Waals surface area contributed by atoms with E-state index in [1.54, 1.807) is 13.1 Å². The van der Waals surface area contributed by atoms with E-state index < -0.39 is 0 Å². The molecule has 0 saturated carbocycles. The van der Waals surface area contributed by atoms with Crippen molar-refractivity contribution in [2.24, 2.45) is 0 Å². The lowest BCUT2D eigenvalue weighted by Crippen LogP contribution is -2.12. The molecule has 1 heterocycles. The molecule has 0 fully saturated rings. The van der Waals surface area contributed by atoms with Gasteiger partial charge in [-0.05, 0) is 30.7 Å². The Bertz CT molecular complexity index is 812. The molecule has 2 N–H and O–H groups in total. The van der Waals surface area contributed by atoms with E-state index in [1.807, 2.05) is 30.3 Å². The summed E-state index contributed by atoms with van der Waals surface area (Å²) >= 11 is 0. The van der Waals surface area contributed by atoms with Crippen LogP contribution >= 0.6 is 0 Å². The quantitative estimate of drug-likeness (QED) is 0.772. The Morgan fingerprint density at radius 1 is 1.18 bits per heavy atom. The predicted molar refractivity (Wildman–Crippen MR) is 83.1 cm³/mol. The van der Waals surface area contributed by atoms with Gasteiger partial charge in [0.1, 0.15) is 5.82 Å². The summed E-state index contributed by atoms with van der Waals surface area (Å²) < 4.78 is 13.3. The zero-order valence-electron chi connectivity index (χ0n) is 11.9. The molecule has 3 rings (SSSR count). The van der Waals surface area contributed by atoms with Crippen LogP contribution in [0.1, 0.15) is 15.9 Å². The van der Waals surface area contributed by atoms with E-state index in [2.05, 4.69) is 15.5 Å². The molecular weight excluding hydrogens is 281 g/mol. The maximum absolute atomic E-state index is 13.3. The number of H-pyrrole nitrogens is 1. The lowest BCUT2D eigenvalue weighted by atomic mass is 10.1. The molecule has 0 saturated heterocycles. The lowest BCUT2D eigenvalue weighted by molar-refractivity contribution is 0.102. The summed E-state index contributed by atoms with van der Waals surface area (Å²) in [5.41, 5.74) is 3.07. The topological polar surface area (TPSA) is 57.8 Å². The molecule has 110 valence electrons. The van der Waals surface area contributed by atoms with Crippen LogP contribution in [0.4, 0.5) is 10.1 Å². The van der Waals surface area contributed by atoms with Crippen LogP contribution in [0.3, 0.4) is 0 Å². The van der Waals surface area contributed by atoms with Crippen LogP contribution in [0.5, 0.6) is 0 Å². The van der Waals surface area contributed by atoms with Crippen molar-refractivity contribution in [3.05, 3.63) is 71.7 Å². The highest BCUT2D eigenvalue weighted by Gasteiger charge is 2.13. The number of nitrogens with zero attached hydrogens (tertiary/aromatic N) is 1. The summed E-state index contributed by atoms with van der Waals surface area (Å²) in [5, 5.41) is 9.65. The summed E-state index contributed by atoms with van der Waals surface area (Å²) in [6.07, 6.45) is 1.55. The Labute approximate surface area is 127 Å². The minimum Gasteiger partial charge on any atom is -0.319 e. The first-order chi connectivity index (χ1) is 10.6. The van der Waals surface area contributed by atoms with Crippen molar-refractivity contribution < 1.29 is 9.18 Å². The molecule has 0 aliphatic carbocycles. The van der Waals surface area contributed by atoms with Gasteiger partial charge >= 0.3 is 0 Å². The summed E-state index contributed by atoms with van der Waals surface area (Å²) in [6, 6.07) is 13.8. The molecule has 0 aliphatic rings. The fraction of sp³-hybridized carbons (Fsp3) is 0.0588. The van der Waals surface area contributed by atoms with Gasteiger partial charge in [-0.25, -0.2) is 4.39 Å². The van der Waals surface area contributed by atoms with Crippen LogP contribution in [-0.2, 0) is 0 Å². The van der Waals surface area contributed by atoms with Gasteiger partial charge in [-0.2, -0.15) is 5.10 Å². The zero-order valence-corrected chi connectivity index (χ0v) is 11.9.